The molecule has 1 amide bonds. The van der Waals surface area contributed by atoms with Gasteiger partial charge in [0, 0.05) is 12.2 Å². The lowest BCUT2D eigenvalue weighted by Crippen LogP contribution is -2.26. The maximum atomic E-state index is 12.0. The summed E-state index contributed by atoms with van der Waals surface area (Å²) in [5, 5.41) is 11.7. The number of aryl methyl sites for hydroxylation is 1. The number of rotatable bonds is 6. The van der Waals surface area contributed by atoms with E-state index in [0.717, 1.165) is 11.3 Å². The van der Waals surface area contributed by atoms with E-state index in [1.54, 1.807) is 19.1 Å². The number of carbonyl (C=O) groups excluding carboxylic acids is 1. The fourth-order valence-electron chi connectivity index (χ4n) is 2.06. The van der Waals surface area contributed by atoms with Crippen LogP contribution in [0.15, 0.2) is 30.6 Å². The second-order valence-corrected chi connectivity index (χ2v) is 4.88. The summed E-state index contributed by atoms with van der Waals surface area (Å²) in [7, 11) is 1.48. The number of hydrogen-bond donors (Lipinski definition) is 2. The summed E-state index contributed by atoms with van der Waals surface area (Å²) in [5.41, 5.74) is 2.00. The number of methoxy groups -OCH3 is 1. The Balaban J connectivity index is 1.98. The van der Waals surface area contributed by atoms with Crippen LogP contribution in [0.3, 0.4) is 0 Å². The number of amides is 1. The SMILES string of the molecule is COc1cc(C(=O)O)ccc1CCNC(=O)c1cc(C)ncn1. The fraction of sp³-hybridized carbons (Fsp3) is 0.250. The lowest BCUT2D eigenvalue weighted by molar-refractivity contribution is 0.0696. The van der Waals surface area contributed by atoms with Crippen LogP contribution in [-0.4, -0.2) is 40.6 Å². The Morgan fingerprint density at radius 3 is 2.70 bits per heavy atom. The third kappa shape index (κ3) is 4.26. The number of nitrogens with zero attached hydrogens (tertiary/aromatic N) is 2. The molecule has 0 atom stereocenters. The van der Waals surface area contributed by atoms with Crippen molar-refractivity contribution in [2.45, 2.75) is 13.3 Å². The fourth-order valence-corrected chi connectivity index (χ4v) is 2.06. The molecule has 0 fully saturated rings. The number of carbonyl (C=O) groups is 2. The minimum absolute atomic E-state index is 0.158. The largest absolute Gasteiger partial charge is 0.496 e. The average molecular weight is 315 g/mol. The molecule has 0 bridgehead atoms. The number of nitrogens with one attached hydrogen (secondary N) is 1. The van der Waals surface area contributed by atoms with E-state index in [4.69, 9.17) is 9.84 Å². The topological polar surface area (TPSA) is 101 Å². The van der Waals surface area contributed by atoms with E-state index in [1.807, 2.05) is 0 Å². The van der Waals surface area contributed by atoms with Gasteiger partial charge in [-0.05, 0) is 37.1 Å². The molecule has 0 saturated heterocycles. The van der Waals surface area contributed by atoms with Gasteiger partial charge in [0.2, 0.25) is 0 Å². The van der Waals surface area contributed by atoms with Crippen LogP contribution in [0, 0.1) is 6.92 Å². The molecule has 2 N–H and O–H groups in total. The van der Waals surface area contributed by atoms with E-state index < -0.39 is 5.97 Å². The lowest BCUT2D eigenvalue weighted by Gasteiger charge is -2.10. The minimum Gasteiger partial charge on any atom is -0.496 e. The normalized spacial score (nSPS) is 10.2. The van der Waals surface area contributed by atoms with Crippen LogP contribution in [0.5, 0.6) is 5.75 Å². The van der Waals surface area contributed by atoms with Gasteiger partial charge in [0.05, 0.1) is 12.7 Å². The van der Waals surface area contributed by atoms with Gasteiger partial charge in [0.1, 0.15) is 17.8 Å². The van der Waals surface area contributed by atoms with Gasteiger partial charge in [-0.2, -0.15) is 0 Å². The Morgan fingerprint density at radius 1 is 1.26 bits per heavy atom. The highest BCUT2D eigenvalue weighted by molar-refractivity contribution is 5.92. The van der Waals surface area contributed by atoms with Gasteiger partial charge in [-0.25, -0.2) is 14.8 Å². The number of carboxylic acid groups (broad SMARTS) is 1. The molecule has 120 valence electrons. The van der Waals surface area contributed by atoms with Crippen molar-refractivity contribution >= 4 is 11.9 Å². The van der Waals surface area contributed by atoms with E-state index in [2.05, 4.69) is 15.3 Å². The summed E-state index contributed by atoms with van der Waals surface area (Å²) in [4.78, 5) is 30.8. The summed E-state index contributed by atoms with van der Waals surface area (Å²) in [6.07, 6.45) is 1.86. The predicted molar refractivity (Wildman–Crippen MR) is 82.8 cm³/mol. The number of carboxylic acids is 1. The molecule has 1 aromatic heterocycles. The zero-order chi connectivity index (χ0) is 16.8. The van der Waals surface area contributed by atoms with Gasteiger partial charge < -0.3 is 15.2 Å². The van der Waals surface area contributed by atoms with Crippen LogP contribution in [0.1, 0.15) is 32.1 Å². The van der Waals surface area contributed by atoms with Crippen molar-refractivity contribution in [1.29, 1.82) is 0 Å². The van der Waals surface area contributed by atoms with Gasteiger partial charge >= 0.3 is 5.97 Å². The molecule has 1 heterocycles. The lowest BCUT2D eigenvalue weighted by atomic mass is 10.1. The number of aromatic nitrogens is 2. The molecular weight excluding hydrogens is 298 g/mol. The standard InChI is InChI=1S/C16H17N3O4/c1-10-7-13(19-9-18-10)15(20)17-6-5-11-3-4-12(16(21)22)8-14(11)23-2/h3-4,7-9H,5-6H2,1-2H3,(H,17,20)(H,21,22). The first-order valence-corrected chi connectivity index (χ1v) is 6.98. The molecule has 0 aliphatic carbocycles. The van der Waals surface area contributed by atoms with E-state index in [9.17, 15) is 9.59 Å². The van der Waals surface area contributed by atoms with Crippen molar-refractivity contribution < 1.29 is 19.4 Å². The molecule has 7 heteroatoms. The summed E-state index contributed by atoms with van der Waals surface area (Å²) in [6, 6.07) is 6.27. The van der Waals surface area contributed by atoms with Crippen LogP contribution >= 0.6 is 0 Å². The second-order valence-electron chi connectivity index (χ2n) is 4.88. The van der Waals surface area contributed by atoms with Crippen LogP contribution in [-0.2, 0) is 6.42 Å². The van der Waals surface area contributed by atoms with E-state index in [0.29, 0.717) is 24.4 Å². The molecule has 0 radical (unpaired) electrons. The smallest absolute Gasteiger partial charge is 0.335 e. The first-order valence-electron chi connectivity index (χ1n) is 6.98. The molecule has 0 aliphatic heterocycles. The van der Waals surface area contributed by atoms with E-state index >= 15 is 0 Å². The maximum Gasteiger partial charge on any atom is 0.335 e. The van der Waals surface area contributed by atoms with Crippen molar-refractivity contribution in [3.05, 3.63) is 53.1 Å². The van der Waals surface area contributed by atoms with Crippen molar-refractivity contribution in [1.82, 2.24) is 15.3 Å². The summed E-state index contributed by atoms with van der Waals surface area (Å²) in [6.45, 7) is 2.16. The van der Waals surface area contributed by atoms with Gasteiger partial charge in [0.15, 0.2) is 0 Å². The van der Waals surface area contributed by atoms with Crippen molar-refractivity contribution in [3.8, 4) is 5.75 Å². The predicted octanol–water partition coefficient (Wildman–Crippen LogP) is 1.46. The number of benzene rings is 1. The van der Waals surface area contributed by atoms with Crippen LogP contribution < -0.4 is 10.1 Å². The van der Waals surface area contributed by atoms with Crippen molar-refractivity contribution in [2.24, 2.45) is 0 Å². The van der Waals surface area contributed by atoms with Gasteiger partial charge in [-0.15, -0.1) is 0 Å². The molecule has 0 saturated carbocycles. The summed E-state index contributed by atoms with van der Waals surface area (Å²) < 4.78 is 5.20. The Morgan fingerprint density at radius 2 is 2.04 bits per heavy atom. The highest BCUT2D eigenvalue weighted by atomic mass is 16.5. The molecule has 2 rings (SSSR count). The Bertz CT molecular complexity index is 731. The van der Waals surface area contributed by atoms with Crippen LogP contribution in [0.4, 0.5) is 0 Å². The molecule has 23 heavy (non-hydrogen) atoms. The first kappa shape index (κ1) is 16.4. The molecule has 0 spiro atoms. The zero-order valence-corrected chi connectivity index (χ0v) is 12.9. The minimum atomic E-state index is -1.01. The highest BCUT2D eigenvalue weighted by Crippen LogP contribution is 2.20. The molecule has 0 unspecified atom stereocenters. The first-order chi connectivity index (χ1) is 11.0. The quantitative estimate of drug-likeness (QED) is 0.837. The Kier molecular flexibility index (Phi) is 5.24. The number of aromatic carboxylic acids is 1. The molecule has 1 aromatic carbocycles. The van der Waals surface area contributed by atoms with Gasteiger partial charge in [0.25, 0.3) is 5.91 Å². The van der Waals surface area contributed by atoms with E-state index in [1.165, 1.54) is 25.6 Å². The Labute approximate surface area is 133 Å². The molecule has 2 aromatic rings. The third-order valence-electron chi connectivity index (χ3n) is 3.25. The van der Waals surface area contributed by atoms with Crippen LogP contribution in [0.2, 0.25) is 0 Å². The number of ether oxygens (including phenoxy) is 1. The number of hydrogen-bond acceptors (Lipinski definition) is 5. The zero-order valence-electron chi connectivity index (χ0n) is 12.9. The third-order valence-corrected chi connectivity index (χ3v) is 3.25. The molecule has 0 aliphatic rings. The van der Waals surface area contributed by atoms with Gasteiger partial charge in [-0.1, -0.05) is 6.07 Å². The second kappa shape index (κ2) is 7.35. The average Bonchev–Trinajstić information content (AvgIpc) is 2.54. The van der Waals surface area contributed by atoms with Gasteiger partial charge in [-0.3, -0.25) is 4.79 Å². The molecular formula is C16H17N3O4. The van der Waals surface area contributed by atoms with Crippen LogP contribution in [0.25, 0.3) is 0 Å². The monoisotopic (exact) mass is 315 g/mol. The van der Waals surface area contributed by atoms with E-state index in [-0.39, 0.29) is 11.5 Å². The maximum absolute atomic E-state index is 12.0. The highest BCUT2D eigenvalue weighted by Gasteiger charge is 2.10. The summed E-state index contributed by atoms with van der Waals surface area (Å²) in [5.74, 6) is -0.809. The summed E-state index contributed by atoms with van der Waals surface area (Å²) >= 11 is 0. The Hall–Kier alpha value is -2.96. The molecule has 7 nitrogen and oxygen atoms in total. The van der Waals surface area contributed by atoms with Crippen molar-refractivity contribution in [3.63, 3.8) is 0 Å². The van der Waals surface area contributed by atoms with Crippen molar-refractivity contribution in [2.75, 3.05) is 13.7 Å².